The molecule has 0 spiro atoms. The van der Waals surface area contributed by atoms with Crippen molar-refractivity contribution in [3.05, 3.63) is 108 Å². The van der Waals surface area contributed by atoms with Crippen molar-refractivity contribution in [1.82, 2.24) is 5.01 Å². The molecule has 0 fully saturated rings. The molecular formula is C23H20N2. The van der Waals surface area contributed by atoms with E-state index in [2.05, 4.69) is 77.9 Å². The van der Waals surface area contributed by atoms with Crippen molar-refractivity contribution in [3.8, 4) is 11.1 Å². The van der Waals surface area contributed by atoms with E-state index < -0.39 is 0 Å². The molecule has 0 radical (unpaired) electrons. The predicted octanol–water partition coefficient (Wildman–Crippen LogP) is 5.63. The third kappa shape index (κ3) is 2.99. The smallest absolute Gasteiger partial charge is 0.102 e. The molecule has 0 aromatic heterocycles. The maximum Gasteiger partial charge on any atom is 0.102 e. The molecule has 25 heavy (non-hydrogen) atoms. The maximum atomic E-state index is 4.62. The van der Waals surface area contributed by atoms with Crippen LogP contribution in [0, 0.1) is 0 Å². The lowest BCUT2D eigenvalue weighted by molar-refractivity contribution is 0.330. The summed E-state index contributed by atoms with van der Waals surface area (Å²) in [4.78, 5) is 0. The summed E-state index contributed by atoms with van der Waals surface area (Å²) in [7, 11) is 0. The molecule has 1 heterocycles. The van der Waals surface area contributed by atoms with E-state index in [9.17, 15) is 0 Å². The zero-order valence-electron chi connectivity index (χ0n) is 14.2. The van der Waals surface area contributed by atoms with E-state index >= 15 is 0 Å². The van der Waals surface area contributed by atoms with E-state index in [0.717, 1.165) is 0 Å². The molecule has 0 bridgehead atoms. The minimum absolute atomic E-state index is 0.0993. The van der Waals surface area contributed by atoms with Crippen LogP contribution < -0.4 is 0 Å². The van der Waals surface area contributed by atoms with E-state index in [0.29, 0.717) is 0 Å². The molecule has 0 amide bonds. The van der Waals surface area contributed by atoms with Crippen LogP contribution in [-0.2, 0) is 0 Å². The number of benzene rings is 3. The summed E-state index contributed by atoms with van der Waals surface area (Å²) in [5, 5.41) is 6.65. The fourth-order valence-electron chi connectivity index (χ4n) is 3.31. The summed E-state index contributed by atoms with van der Waals surface area (Å²) < 4.78 is 0. The van der Waals surface area contributed by atoms with Crippen LogP contribution in [0.4, 0.5) is 0 Å². The number of fused-ring (bicyclic) bond motifs is 1. The molecule has 4 rings (SSSR count). The van der Waals surface area contributed by atoms with Gasteiger partial charge in [0.1, 0.15) is 6.04 Å². The second-order valence-electron chi connectivity index (χ2n) is 6.13. The average Bonchev–Trinajstić information content (AvgIpc) is 2.69. The SMILES string of the molecule is CC=CN1N=Cc2ccccc2C1c1ccc(-c2ccccc2)cc1. The van der Waals surface area contributed by atoms with Gasteiger partial charge in [-0.2, -0.15) is 5.10 Å². The largest absolute Gasteiger partial charge is 0.261 e. The van der Waals surface area contributed by atoms with Crippen LogP contribution in [-0.4, -0.2) is 11.2 Å². The molecule has 3 aromatic rings. The van der Waals surface area contributed by atoms with Crippen molar-refractivity contribution in [3.63, 3.8) is 0 Å². The molecular weight excluding hydrogens is 304 g/mol. The van der Waals surface area contributed by atoms with Crippen molar-refractivity contribution in [1.29, 1.82) is 0 Å². The second kappa shape index (κ2) is 6.78. The summed E-state index contributed by atoms with van der Waals surface area (Å²) in [6, 6.07) is 27.8. The Bertz CT molecular complexity index is 908. The Morgan fingerprint density at radius 1 is 0.800 bits per heavy atom. The topological polar surface area (TPSA) is 15.6 Å². The summed E-state index contributed by atoms with van der Waals surface area (Å²) in [6.07, 6.45) is 5.99. The molecule has 0 saturated heterocycles. The Morgan fingerprint density at radius 2 is 1.48 bits per heavy atom. The second-order valence-corrected chi connectivity index (χ2v) is 6.13. The fraction of sp³-hybridized carbons (Fsp3) is 0.0870. The van der Waals surface area contributed by atoms with Crippen molar-refractivity contribution in [2.24, 2.45) is 5.10 Å². The van der Waals surface area contributed by atoms with Gasteiger partial charge in [-0.1, -0.05) is 84.9 Å². The van der Waals surface area contributed by atoms with E-state index in [1.807, 2.05) is 36.5 Å². The Kier molecular flexibility index (Phi) is 4.17. The highest BCUT2D eigenvalue weighted by Gasteiger charge is 2.24. The van der Waals surface area contributed by atoms with Crippen LogP contribution in [0.3, 0.4) is 0 Å². The highest BCUT2D eigenvalue weighted by atomic mass is 15.5. The standard InChI is InChI=1S/C23H20N2/c1-2-16-25-23(22-11-7-6-10-21(22)17-24-25)20-14-12-19(13-15-20)18-8-4-3-5-9-18/h2-17,23H,1H3. The lowest BCUT2D eigenvalue weighted by atomic mass is 9.92. The fourth-order valence-corrected chi connectivity index (χ4v) is 3.31. The number of rotatable bonds is 3. The van der Waals surface area contributed by atoms with E-state index in [1.54, 1.807) is 0 Å². The number of hydrazone groups is 1. The van der Waals surface area contributed by atoms with Gasteiger partial charge in [0, 0.05) is 11.8 Å². The zero-order valence-corrected chi connectivity index (χ0v) is 14.2. The maximum absolute atomic E-state index is 4.62. The van der Waals surface area contributed by atoms with Gasteiger partial charge in [0.2, 0.25) is 0 Å². The lowest BCUT2D eigenvalue weighted by Gasteiger charge is -2.31. The molecule has 1 atom stereocenters. The van der Waals surface area contributed by atoms with Crippen LogP contribution in [0.25, 0.3) is 11.1 Å². The van der Waals surface area contributed by atoms with Gasteiger partial charge in [0.05, 0.1) is 6.21 Å². The van der Waals surface area contributed by atoms with Gasteiger partial charge < -0.3 is 0 Å². The summed E-state index contributed by atoms with van der Waals surface area (Å²) >= 11 is 0. The van der Waals surface area contributed by atoms with Gasteiger partial charge in [0.25, 0.3) is 0 Å². The number of hydrogen-bond acceptors (Lipinski definition) is 2. The Morgan fingerprint density at radius 3 is 2.24 bits per heavy atom. The first kappa shape index (κ1) is 15.4. The number of allylic oxidation sites excluding steroid dienone is 1. The first-order valence-electron chi connectivity index (χ1n) is 8.56. The van der Waals surface area contributed by atoms with Crippen molar-refractivity contribution in [2.45, 2.75) is 13.0 Å². The highest BCUT2D eigenvalue weighted by molar-refractivity contribution is 5.83. The van der Waals surface area contributed by atoms with Crippen LogP contribution in [0.2, 0.25) is 0 Å². The molecule has 0 saturated carbocycles. The molecule has 3 aromatic carbocycles. The molecule has 1 aliphatic heterocycles. The quantitative estimate of drug-likeness (QED) is 0.610. The van der Waals surface area contributed by atoms with Crippen molar-refractivity contribution in [2.75, 3.05) is 0 Å². The highest BCUT2D eigenvalue weighted by Crippen LogP contribution is 2.34. The normalized spacial score (nSPS) is 16.2. The van der Waals surface area contributed by atoms with Crippen LogP contribution in [0.5, 0.6) is 0 Å². The van der Waals surface area contributed by atoms with Gasteiger partial charge in [-0.25, -0.2) is 0 Å². The van der Waals surface area contributed by atoms with Gasteiger partial charge in [-0.05, 0) is 29.2 Å². The van der Waals surface area contributed by atoms with E-state index in [1.165, 1.54) is 27.8 Å². The third-order valence-corrected chi connectivity index (χ3v) is 4.52. The minimum Gasteiger partial charge on any atom is -0.261 e. The zero-order chi connectivity index (χ0) is 17.1. The van der Waals surface area contributed by atoms with Gasteiger partial charge >= 0.3 is 0 Å². The average molecular weight is 324 g/mol. The molecule has 2 nitrogen and oxygen atoms in total. The monoisotopic (exact) mass is 324 g/mol. The van der Waals surface area contributed by atoms with Gasteiger partial charge in [-0.15, -0.1) is 0 Å². The summed E-state index contributed by atoms with van der Waals surface area (Å²) in [5.41, 5.74) is 6.17. The van der Waals surface area contributed by atoms with E-state index in [4.69, 9.17) is 0 Å². The lowest BCUT2D eigenvalue weighted by Crippen LogP contribution is -2.24. The number of nitrogens with zero attached hydrogens (tertiary/aromatic N) is 2. The predicted molar refractivity (Wildman–Crippen MR) is 104 cm³/mol. The van der Waals surface area contributed by atoms with E-state index in [-0.39, 0.29) is 6.04 Å². The van der Waals surface area contributed by atoms with Crippen LogP contribution in [0.15, 0.2) is 96.2 Å². The first-order chi connectivity index (χ1) is 12.4. The molecule has 1 aliphatic rings. The van der Waals surface area contributed by atoms with Crippen LogP contribution in [0.1, 0.15) is 29.7 Å². The number of hydrogen-bond donors (Lipinski definition) is 0. The van der Waals surface area contributed by atoms with Gasteiger partial charge in [-0.3, -0.25) is 5.01 Å². The van der Waals surface area contributed by atoms with Crippen LogP contribution >= 0.6 is 0 Å². The summed E-state index contributed by atoms with van der Waals surface area (Å²) in [5.74, 6) is 0. The third-order valence-electron chi connectivity index (χ3n) is 4.52. The molecule has 0 aliphatic carbocycles. The molecule has 122 valence electrons. The molecule has 1 unspecified atom stereocenters. The van der Waals surface area contributed by atoms with Crippen molar-refractivity contribution >= 4 is 6.21 Å². The molecule has 2 heteroatoms. The Hall–Kier alpha value is -3.13. The van der Waals surface area contributed by atoms with Gasteiger partial charge in [0.15, 0.2) is 0 Å². The Labute approximate surface area is 148 Å². The summed E-state index contributed by atoms with van der Waals surface area (Å²) in [6.45, 7) is 2.02. The molecule has 0 N–H and O–H groups in total. The first-order valence-corrected chi connectivity index (χ1v) is 8.56. The van der Waals surface area contributed by atoms with Crippen molar-refractivity contribution < 1.29 is 0 Å². The minimum atomic E-state index is 0.0993. The Balaban J connectivity index is 1.75.